The molecule has 0 amide bonds. The maximum Gasteiger partial charge on any atom is 0.262 e. The SMILES string of the molecule is COc1ccc(Cl)cc1NS(=O)(=O)c1ccc2c(c1)C[C@@H](C)N2. The molecule has 2 aromatic rings. The van der Waals surface area contributed by atoms with E-state index in [-0.39, 0.29) is 4.90 Å². The van der Waals surface area contributed by atoms with Crippen molar-refractivity contribution in [1.82, 2.24) is 0 Å². The smallest absolute Gasteiger partial charge is 0.262 e. The van der Waals surface area contributed by atoms with Crippen molar-refractivity contribution in [1.29, 1.82) is 0 Å². The molecular formula is C16H17ClN2O3S. The van der Waals surface area contributed by atoms with Gasteiger partial charge in [-0.15, -0.1) is 0 Å². The van der Waals surface area contributed by atoms with Crippen LogP contribution in [0.3, 0.4) is 0 Å². The van der Waals surface area contributed by atoms with E-state index >= 15 is 0 Å². The van der Waals surface area contributed by atoms with Crippen molar-refractivity contribution in [3.8, 4) is 5.75 Å². The average Bonchev–Trinajstić information content (AvgIpc) is 2.86. The molecule has 1 atom stereocenters. The van der Waals surface area contributed by atoms with Gasteiger partial charge in [-0.25, -0.2) is 8.42 Å². The Bertz CT molecular complexity index is 852. The van der Waals surface area contributed by atoms with Crippen LogP contribution in [-0.4, -0.2) is 21.6 Å². The van der Waals surface area contributed by atoms with Gasteiger partial charge in [-0.2, -0.15) is 0 Å². The minimum absolute atomic E-state index is 0.217. The first-order valence-electron chi connectivity index (χ1n) is 7.15. The highest BCUT2D eigenvalue weighted by Gasteiger charge is 2.22. The summed E-state index contributed by atoms with van der Waals surface area (Å²) in [6.07, 6.45) is 0.805. The monoisotopic (exact) mass is 352 g/mol. The van der Waals surface area contributed by atoms with Gasteiger partial charge in [0.15, 0.2) is 0 Å². The van der Waals surface area contributed by atoms with Gasteiger partial charge in [-0.1, -0.05) is 11.6 Å². The lowest BCUT2D eigenvalue weighted by atomic mass is 10.1. The molecule has 1 aliphatic rings. The van der Waals surface area contributed by atoms with Crippen molar-refractivity contribution < 1.29 is 13.2 Å². The first-order chi connectivity index (χ1) is 10.9. The van der Waals surface area contributed by atoms with Gasteiger partial charge in [-0.3, -0.25) is 4.72 Å². The summed E-state index contributed by atoms with van der Waals surface area (Å²) in [5.41, 5.74) is 2.29. The van der Waals surface area contributed by atoms with Crippen LogP contribution in [0.1, 0.15) is 12.5 Å². The molecule has 0 spiro atoms. The molecule has 122 valence electrons. The van der Waals surface area contributed by atoms with Gasteiger partial charge in [0.25, 0.3) is 10.0 Å². The number of benzene rings is 2. The minimum Gasteiger partial charge on any atom is -0.495 e. The van der Waals surface area contributed by atoms with Crippen molar-refractivity contribution in [2.24, 2.45) is 0 Å². The molecule has 5 nitrogen and oxygen atoms in total. The Hall–Kier alpha value is -1.92. The Morgan fingerprint density at radius 2 is 2.04 bits per heavy atom. The molecule has 23 heavy (non-hydrogen) atoms. The van der Waals surface area contributed by atoms with Crippen LogP contribution in [0.15, 0.2) is 41.3 Å². The van der Waals surface area contributed by atoms with Gasteiger partial charge in [0, 0.05) is 16.8 Å². The first kappa shape index (κ1) is 16.0. The molecule has 0 radical (unpaired) electrons. The summed E-state index contributed by atoms with van der Waals surface area (Å²) in [6, 6.07) is 10.2. The van der Waals surface area contributed by atoms with Gasteiger partial charge in [0.1, 0.15) is 5.75 Å². The van der Waals surface area contributed by atoms with Crippen LogP contribution < -0.4 is 14.8 Å². The van der Waals surface area contributed by atoms with Crippen molar-refractivity contribution >= 4 is 33.0 Å². The summed E-state index contributed by atoms with van der Waals surface area (Å²) < 4.78 is 33.0. The van der Waals surface area contributed by atoms with E-state index in [9.17, 15) is 8.42 Å². The number of ether oxygens (including phenoxy) is 1. The lowest BCUT2D eigenvalue weighted by Crippen LogP contribution is -2.14. The fourth-order valence-corrected chi connectivity index (χ4v) is 3.94. The summed E-state index contributed by atoms with van der Waals surface area (Å²) >= 11 is 5.94. The van der Waals surface area contributed by atoms with Gasteiger partial charge >= 0.3 is 0 Å². The van der Waals surface area contributed by atoms with E-state index in [0.717, 1.165) is 17.7 Å². The van der Waals surface area contributed by atoms with Crippen LogP contribution in [0.2, 0.25) is 5.02 Å². The second kappa shape index (κ2) is 5.94. The number of halogens is 1. The molecule has 0 saturated carbocycles. The largest absolute Gasteiger partial charge is 0.495 e. The van der Waals surface area contributed by atoms with E-state index in [4.69, 9.17) is 16.3 Å². The molecule has 2 aromatic carbocycles. The van der Waals surface area contributed by atoms with Crippen molar-refractivity contribution in [3.63, 3.8) is 0 Å². The summed E-state index contributed by atoms with van der Waals surface area (Å²) in [6.45, 7) is 2.06. The molecule has 1 aliphatic heterocycles. The third-order valence-electron chi connectivity index (χ3n) is 3.72. The predicted octanol–water partition coefficient (Wildman–Crippen LogP) is 3.51. The Morgan fingerprint density at radius 3 is 2.78 bits per heavy atom. The average molecular weight is 353 g/mol. The van der Waals surface area contributed by atoms with Crippen LogP contribution in [0.4, 0.5) is 11.4 Å². The number of methoxy groups -OCH3 is 1. The lowest BCUT2D eigenvalue weighted by Gasteiger charge is -2.13. The fourth-order valence-electron chi connectivity index (χ4n) is 2.66. The molecule has 0 bridgehead atoms. The fraction of sp³-hybridized carbons (Fsp3) is 0.250. The number of hydrogen-bond donors (Lipinski definition) is 2. The minimum atomic E-state index is -3.72. The molecule has 1 heterocycles. The van der Waals surface area contributed by atoms with Gasteiger partial charge < -0.3 is 10.1 Å². The second-order valence-corrected chi connectivity index (χ2v) is 7.64. The van der Waals surface area contributed by atoms with Crippen LogP contribution in [0, 0.1) is 0 Å². The van der Waals surface area contributed by atoms with Crippen LogP contribution in [0.5, 0.6) is 5.75 Å². The Morgan fingerprint density at radius 1 is 1.26 bits per heavy atom. The summed E-state index contributed by atoms with van der Waals surface area (Å²) in [5.74, 6) is 0.412. The summed E-state index contributed by atoms with van der Waals surface area (Å²) in [4.78, 5) is 0.217. The standard InChI is InChI=1S/C16H17ClN2O3S/c1-10-7-11-8-13(4-5-14(11)18-10)23(20,21)19-15-9-12(17)3-6-16(15)22-2/h3-6,8-10,18-19H,7H2,1-2H3/t10-/m1/s1. The van der Waals surface area contributed by atoms with Gasteiger partial charge in [0.2, 0.25) is 0 Å². The number of anilines is 2. The topological polar surface area (TPSA) is 67.4 Å². The third-order valence-corrected chi connectivity index (χ3v) is 5.32. The highest BCUT2D eigenvalue weighted by Crippen LogP contribution is 2.32. The molecule has 7 heteroatoms. The second-order valence-electron chi connectivity index (χ2n) is 5.52. The van der Waals surface area contributed by atoms with Crippen LogP contribution in [0.25, 0.3) is 0 Å². The molecule has 2 N–H and O–H groups in total. The van der Waals surface area contributed by atoms with Crippen LogP contribution >= 0.6 is 11.6 Å². The molecule has 3 rings (SSSR count). The van der Waals surface area contributed by atoms with E-state index < -0.39 is 10.0 Å². The summed E-state index contributed by atoms with van der Waals surface area (Å²) in [7, 11) is -2.24. The van der Waals surface area contributed by atoms with E-state index in [1.54, 1.807) is 30.3 Å². The van der Waals surface area contributed by atoms with Crippen molar-refractivity contribution in [3.05, 3.63) is 47.0 Å². The number of nitrogens with one attached hydrogen (secondary N) is 2. The highest BCUT2D eigenvalue weighted by atomic mass is 35.5. The zero-order chi connectivity index (χ0) is 16.6. The molecule has 0 aromatic heterocycles. The predicted molar refractivity (Wildman–Crippen MR) is 92.0 cm³/mol. The number of sulfonamides is 1. The van der Waals surface area contributed by atoms with E-state index in [1.807, 2.05) is 0 Å². The lowest BCUT2D eigenvalue weighted by molar-refractivity contribution is 0.417. The van der Waals surface area contributed by atoms with E-state index in [0.29, 0.717) is 22.5 Å². The number of fused-ring (bicyclic) bond motifs is 1. The Balaban J connectivity index is 1.94. The summed E-state index contributed by atoms with van der Waals surface area (Å²) in [5, 5.41) is 3.73. The first-order valence-corrected chi connectivity index (χ1v) is 9.01. The number of rotatable bonds is 4. The van der Waals surface area contributed by atoms with Gasteiger partial charge in [0.05, 0.1) is 17.7 Å². The normalized spacial score (nSPS) is 16.6. The maximum atomic E-state index is 12.6. The maximum absolute atomic E-state index is 12.6. The quantitative estimate of drug-likeness (QED) is 0.883. The van der Waals surface area contributed by atoms with Crippen LogP contribution in [-0.2, 0) is 16.4 Å². The Kier molecular flexibility index (Phi) is 4.12. The molecular weight excluding hydrogens is 336 g/mol. The van der Waals surface area contributed by atoms with E-state index in [1.165, 1.54) is 13.2 Å². The molecule has 0 aliphatic carbocycles. The van der Waals surface area contributed by atoms with Crippen molar-refractivity contribution in [2.45, 2.75) is 24.3 Å². The van der Waals surface area contributed by atoms with E-state index in [2.05, 4.69) is 17.0 Å². The zero-order valence-electron chi connectivity index (χ0n) is 12.8. The van der Waals surface area contributed by atoms with Crippen molar-refractivity contribution in [2.75, 3.05) is 17.1 Å². The molecule has 0 saturated heterocycles. The van der Waals surface area contributed by atoms with Gasteiger partial charge in [-0.05, 0) is 55.3 Å². The Labute approximate surface area is 140 Å². The third kappa shape index (κ3) is 3.23. The highest BCUT2D eigenvalue weighted by molar-refractivity contribution is 7.92. The zero-order valence-corrected chi connectivity index (χ0v) is 14.3. The molecule has 0 unspecified atom stereocenters. The molecule has 0 fully saturated rings. The number of hydrogen-bond acceptors (Lipinski definition) is 4.